The predicted molar refractivity (Wildman–Crippen MR) is 129 cm³/mol. The van der Waals surface area contributed by atoms with Crippen LogP contribution >= 0.6 is 0 Å². The summed E-state index contributed by atoms with van der Waals surface area (Å²) in [7, 11) is 0. The summed E-state index contributed by atoms with van der Waals surface area (Å²) in [6, 6.07) is 0. The Morgan fingerprint density at radius 2 is 1.42 bits per heavy atom. The maximum absolute atomic E-state index is 10.0. The maximum atomic E-state index is 10.0. The highest BCUT2D eigenvalue weighted by atomic mass is 16.7. The molecular formula is C25H49NO7. The van der Waals surface area contributed by atoms with Gasteiger partial charge in [-0.05, 0) is 19.0 Å². The summed E-state index contributed by atoms with van der Waals surface area (Å²) in [6.45, 7) is 1.89. The van der Waals surface area contributed by atoms with Gasteiger partial charge < -0.3 is 40.3 Å². The average molecular weight is 476 g/mol. The van der Waals surface area contributed by atoms with Gasteiger partial charge in [0.05, 0.1) is 19.3 Å². The summed E-state index contributed by atoms with van der Waals surface area (Å²) in [5, 5.41) is 51.6. The van der Waals surface area contributed by atoms with Crippen LogP contribution in [0.3, 0.4) is 0 Å². The van der Waals surface area contributed by atoms with Crippen LogP contribution in [0.1, 0.15) is 90.4 Å². The number of rotatable bonds is 20. The summed E-state index contributed by atoms with van der Waals surface area (Å²) in [6.07, 6.45) is 13.5. The summed E-state index contributed by atoms with van der Waals surface area (Å²) in [5.41, 5.74) is 0. The van der Waals surface area contributed by atoms with E-state index in [4.69, 9.17) is 14.6 Å². The molecule has 1 unspecified atom stereocenters. The number of hydrogen-bond donors (Lipinski definition) is 6. The highest BCUT2D eigenvalue weighted by molar-refractivity contribution is 4.89. The minimum atomic E-state index is -1.49. The standard InChI is InChI=1S/C25H49NO7/c1-2-3-4-5-6-7-8-9-10-11-12-13-14-15-16-26-17-20(28)19-32-25-24(31)23(30)22(29)21(18-27)33-25/h15-16,20-31H,2-14,17-19H2,1H3/t20?,21-,22+,23+,24-,25-/m1/s1. The van der Waals surface area contributed by atoms with Gasteiger partial charge in [-0.1, -0.05) is 83.6 Å². The third kappa shape index (κ3) is 13.7. The van der Waals surface area contributed by atoms with Gasteiger partial charge in [0.2, 0.25) is 0 Å². The van der Waals surface area contributed by atoms with Crippen LogP contribution in [0.5, 0.6) is 0 Å². The quantitative estimate of drug-likeness (QED) is 0.148. The van der Waals surface area contributed by atoms with Crippen molar-refractivity contribution in [1.82, 2.24) is 5.32 Å². The molecule has 0 spiro atoms. The van der Waals surface area contributed by atoms with E-state index in [1.165, 1.54) is 70.6 Å². The average Bonchev–Trinajstić information content (AvgIpc) is 2.82. The van der Waals surface area contributed by atoms with Crippen LogP contribution in [0.4, 0.5) is 0 Å². The third-order valence-electron chi connectivity index (χ3n) is 6.11. The number of ether oxygens (including phenoxy) is 2. The molecule has 1 rings (SSSR count). The number of hydrogen-bond acceptors (Lipinski definition) is 8. The number of aliphatic hydroxyl groups is 5. The molecule has 0 aliphatic carbocycles. The van der Waals surface area contributed by atoms with Gasteiger partial charge in [0.1, 0.15) is 24.4 Å². The molecule has 0 aromatic rings. The van der Waals surface area contributed by atoms with E-state index in [0.717, 1.165) is 12.8 Å². The van der Waals surface area contributed by atoms with Crippen LogP contribution in [0.2, 0.25) is 0 Å². The molecule has 0 aromatic heterocycles. The molecule has 33 heavy (non-hydrogen) atoms. The fraction of sp³-hybridized carbons (Fsp3) is 0.920. The minimum absolute atomic E-state index is 0.123. The number of aliphatic hydroxyl groups excluding tert-OH is 5. The lowest BCUT2D eigenvalue weighted by Gasteiger charge is -2.39. The number of nitrogens with one attached hydrogen (secondary N) is 1. The maximum Gasteiger partial charge on any atom is 0.186 e. The van der Waals surface area contributed by atoms with Gasteiger partial charge in [-0.15, -0.1) is 0 Å². The van der Waals surface area contributed by atoms with Crippen LogP contribution in [-0.2, 0) is 9.47 Å². The summed E-state index contributed by atoms with van der Waals surface area (Å²) >= 11 is 0. The molecule has 1 aliphatic heterocycles. The first-order valence-corrected chi connectivity index (χ1v) is 13.0. The number of allylic oxidation sites excluding steroid dienone is 1. The molecule has 8 nitrogen and oxygen atoms in total. The molecule has 0 aromatic carbocycles. The molecule has 0 saturated carbocycles. The van der Waals surface area contributed by atoms with Gasteiger partial charge in [-0.3, -0.25) is 0 Å². The van der Waals surface area contributed by atoms with Crippen molar-refractivity contribution in [3.8, 4) is 0 Å². The molecular weight excluding hydrogens is 426 g/mol. The van der Waals surface area contributed by atoms with Gasteiger partial charge in [0, 0.05) is 6.54 Å². The third-order valence-corrected chi connectivity index (χ3v) is 6.11. The zero-order valence-corrected chi connectivity index (χ0v) is 20.5. The minimum Gasteiger partial charge on any atom is -0.394 e. The van der Waals surface area contributed by atoms with Crippen LogP contribution < -0.4 is 5.32 Å². The van der Waals surface area contributed by atoms with E-state index in [2.05, 4.69) is 18.3 Å². The van der Waals surface area contributed by atoms with Gasteiger partial charge >= 0.3 is 0 Å². The Bertz CT molecular complexity index is 478. The first kappa shape index (κ1) is 30.3. The summed E-state index contributed by atoms with van der Waals surface area (Å²) in [4.78, 5) is 0. The lowest BCUT2D eigenvalue weighted by Crippen LogP contribution is -2.59. The van der Waals surface area contributed by atoms with E-state index in [1.54, 1.807) is 0 Å². The molecule has 8 heteroatoms. The zero-order chi connectivity index (χ0) is 24.3. The van der Waals surface area contributed by atoms with Crippen molar-refractivity contribution < 1.29 is 35.0 Å². The molecule has 6 N–H and O–H groups in total. The van der Waals surface area contributed by atoms with Crippen LogP contribution in [0.25, 0.3) is 0 Å². The molecule has 1 saturated heterocycles. The molecule has 1 aliphatic rings. The SMILES string of the molecule is CCCCCCCCCCCCCCC=CNCC(O)CO[C@@H]1O[C@H](CO)[C@H](O)[C@H](O)[C@H]1O. The van der Waals surface area contributed by atoms with E-state index in [-0.39, 0.29) is 13.2 Å². The molecule has 6 atom stereocenters. The van der Waals surface area contributed by atoms with E-state index >= 15 is 0 Å². The largest absolute Gasteiger partial charge is 0.394 e. The molecule has 1 fully saturated rings. The Balaban J connectivity index is 1.95. The molecule has 0 bridgehead atoms. The molecule has 196 valence electrons. The first-order chi connectivity index (χ1) is 16.0. The molecule has 0 radical (unpaired) electrons. The monoisotopic (exact) mass is 475 g/mol. The van der Waals surface area contributed by atoms with Gasteiger partial charge in [0.15, 0.2) is 6.29 Å². The lowest BCUT2D eigenvalue weighted by atomic mass is 9.99. The second-order valence-corrected chi connectivity index (χ2v) is 9.17. The lowest BCUT2D eigenvalue weighted by molar-refractivity contribution is -0.304. The fourth-order valence-corrected chi connectivity index (χ4v) is 3.94. The highest BCUT2D eigenvalue weighted by Crippen LogP contribution is 2.22. The van der Waals surface area contributed by atoms with E-state index in [1.807, 2.05) is 6.20 Å². The van der Waals surface area contributed by atoms with Gasteiger partial charge in [-0.25, -0.2) is 0 Å². The van der Waals surface area contributed by atoms with Crippen molar-refractivity contribution in [1.29, 1.82) is 0 Å². The Morgan fingerprint density at radius 1 is 0.848 bits per heavy atom. The van der Waals surface area contributed by atoms with Crippen LogP contribution in [0, 0.1) is 0 Å². The highest BCUT2D eigenvalue weighted by Gasteiger charge is 2.44. The van der Waals surface area contributed by atoms with Crippen molar-refractivity contribution in [2.45, 2.75) is 127 Å². The predicted octanol–water partition coefficient (Wildman–Crippen LogP) is 2.36. The van der Waals surface area contributed by atoms with Crippen molar-refractivity contribution in [3.63, 3.8) is 0 Å². The van der Waals surface area contributed by atoms with Crippen molar-refractivity contribution in [2.75, 3.05) is 19.8 Å². The fourth-order valence-electron chi connectivity index (χ4n) is 3.94. The summed E-state index contributed by atoms with van der Waals surface area (Å²) in [5.74, 6) is 0. The van der Waals surface area contributed by atoms with Crippen LogP contribution in [0.15, 0.2) is 12.3 Å². The second kappa shape index (κ2) is 19.6. The van der Waals surface area contributed by atoms with E-state index < -0.39 is 43.4 Å². The molecule has 1 heterocycles. The number of unbranched alkanes of at least 4 members (excludes halogenated alkanes) is 12. The summed E-state index contributed by atoms with van der Waals surface area (Å²) < 4.78 is 10.6. The van der Waals surface area contributed by atoms with Crippen molar-refractivity contribution in [2.24, 2.45) is 0 Å². The van der Waals surface area contributed by atoms with Gasteiger partial charge in [0.25, 0.3) is 0 Å². The van der Waals surface area contributed by atoms with Gasteiger partial charge in [-0.2, -0.15) is 0 Å². The first-order valence-electron chi connectivity index (χ1n) is 13.0. The smallest absolute Gasteiger partial charge is 0.186 e. The topological polar surface area (TPSA) is 132 Å². The van der Waals surface area contributed by atoms with E-state index in [9.17, 15) is 20.4 Å². The normalized spacial score (nSPS) is 26.7. The Hall–Kier alpha value is -0.740. The van der Waals surface area contributed by atoms with Crippen molar-refractivity contribution >= 4 is 0 Å². The van der Waals surface area contributed by atoms with E-state index in [0.29, 0.717) is 0 Å². The zero-order valence-electron chi connectivity index (χ0n) is 20.5. The Kier molecular flexibility index (Phi) is 17.9. The Morgan fingerprint density at radius 3 is 2.00 bits per heavy atom. The molecule has 0 amide bonds. The van der Waals surface area contributed by atoms with Crippen LogP contribution in [-0.4, -0.2) is 82.1 Å². The van der Waals surface area contributed by atoms with Crippen molar-refractivity contribution in [3.05, 3.63) is 12.3 Å². The second-order valence-electron chi connectivity index (χ2n) is 9.17. The Labute approximate surface area is 200 Å².